The Morgan fingerprint density at radius 3 is 2.38 bits per heavy atom. The minimum Gasteiger partial charge on any atom is -0.467 e. The molecule has 0 bridgehead atoms. The number of urea groups is 1. The van der Waals surface area contributed by atoms with E-state index in [2.05, 4.69) is 10.6 Å². The highest BCUT2D eigenvalue weighted by molar-refractivity contribution is 6.09. The Labute approximate surface area is 168 Å². The van der Waals surface area contributed by atoms with Crippen molar-refractivity contribution in [1.82, 2.24) is 15.5 Å². The molecule has 29 heavy (non-hydrogen) atoms. The van der Waals surface area contributed by atoms with Gasteiger partial charge in [-0.25, -0.2) is 14.0 Å². The van der Waals surface area contributed by atoms with E-state index in [-0.39, 0.29) is 12.3 Å². The van der Waals surface area contributed by atoms with Crippen molar-refractivity contribution in [3.63, 3.8) is 0 Å². The molecule has 1 aliphatic heterocycles. The molecule has 1 saturated heterocycles. The van der Waals surface area contributed by atoms with Crippen LogP contribution in [0.15, 0.2) is 24.3 Å². The SMILES string of the molecule is CC[C@H](C)[C@@H](NC(=O)CN1C(=O)N[C@](CC)(c2ccc(F)cc2)C1=O)C(=O)OC. The van der Waals surface area contributed by atoms with Gasteiger partial charge in [-0.15, -0.1) is 0 Å². The Hall–Kier alpha value is -2.97. The van der Waals surface area contributed by atoms with Gasteiger partial charge >= 0.3 is 12.0 Å². The number of imide groups is 1. The van der Waals surface area contributed by atoms with Gasteiger partial charge in [-0.05, 0) is 30.0 Å². The zero-order valence-corrected chi connectivity index (χ0v) is 17.0. The summed E-state index contributed by atoms with van der Waals surface area (Å²) >= 11 is 0. The largest absolute Gasteiger partial charge is 0.467 e. The minimum atomic E-state index is -1.37. The number of methoxy groups -OCH3 is 1. The van der Waals surface area contributed by atoms with Crippen LogP contribution in [0, 0.1) is 11.7 Å². The van der Waals surface area contributed by atoms with E-state index < -0.39 is 47.8 Å². The number of nitrogens with one attached hydrogen (secondary N) is 2. The van der Waals surface area contributed by atoms with Gasteiger partial charge in [0.05, 0.1) is 7.11 Å². The lowest BCUT2D eigenvalue weighted by atomic mass is 9.87. The van der Waals surface area contributed by atoms with Gasteiger partial charge in [0.1, 0.15) is 23.9 Å². The number of ether oxygens (including phenoxy) is 1. The number of esters is 1. The summed E-state index contributed by atoms with van der Waals surface area (Å²) in [4.78, 5) is 50.7. The fraction of sp³-hybridized carbons (Fsp3) is 0.500. The highest BCUT2D eigenvalue weighted by Crippen LogP contribution is 2.32. The topological polar surface area (TPSA) is 105 Å². The molecule has 158 valence electrons. The molecular formula is C20H26FN3O5. The molecule has 2 rings (SSSR count). The molecule has 9 heteroatoms. The third kappa shape index (κ3) is 4.38. The Morgan fingerprint density at radius 2 is 1.86 bits per heavy atom. The number of hydrogen-bond donors (Lipinski definition) is 2. The number of nitrogens with zero attached hydrogens (tertiary/aromatic N) is 1. The smallest absolute Gasteiger partial charge is 0.328 e. The van der Waals surface area contributed by atoms with E-state index >= 15 is 0 Å². The predicted molar refractivity (Wildman–Crippen MR) is 102 cm³/mol. The van der Waals surface area contributed by atoms with Gasteiger partial charge in [-0.1, -0.05) is 39.3 Å². The van der Waals surface area contributed by atoms with E-state index in [9.17, 15) is 23.6 Å². The molecule has 0 aromatic heterocycles. The molecule has 1 fully saturated rings. The second-order valence-corrected chi connectivity index (χ2v) is 7.04. The first-order chi connectivity index (χ1) is 13.7. The molecular weight excluding hydrogens is 381 g/mol. The van der Waals surface area contributed by atoms with E-state index in [1.165, 1.54) is 31.4 Å². The zero-order chi connectivity index (χ0) is 21.8. The van der Waals surface area contributed by atoms with Crippen molar-refractivity contribution in [2.24, 2.45) is 5.92 Å². The number of carbonyl (C=O) groups is 4. The van der Waals surface area contributed by atoms with Crippen LogP contribution < -0.4 is 10.6 Å². The summed E-state index contributed by atoms with van der Waals surface area (Å²) in [7, 11) is 1.22. The van der Waals surface area contributed by atoms with Crippen molar-refractivity contribution in [3.05, 3.63) is 35.6 Å². The first-order valence-corrected chi connectivity index (χ1v) is 9.47. The first-order valence-electron chi connectivity index (χ1n) is 9.47. The van der Waals surface area contributed by atoms with Gasteiger partial charge in [0.15, 0.2) is 0 Å². The van der Waals surface area contributed by atoms with Crippen molar-refractivity contribution in [3.8, 4) is 0 Å². The number of halogens is 1. The Bertz CT molecular complexity index is 798. The van der Waals surface area contributed by atoms with Crippen LogP contribution in [0.4, 0.5) is 9.18 Å². The van der Waals surface area contributed by atoms with Crippen LogP contribution >= 0.6 is 0 Å². The standard InChI is InChI=1S/C20H26FN3O5/c1-5-12(3)16(17(26)29-4)22-15(25)11-24-18(27)20(6-2,23-19(24)28)13-7-9-14(21)10-8-13/h7-10,12,16H,5-6,11H2,1-4H3,(H,22,25)(H,23,28)/t12-,16+,20+/m0/s1. The van der Waals surface area contributed by atoms with E-state index in [1.54, 1.807) is 13.8 Å². The zero-order valence-electron chi connectivity index (χ0n) is 17.0. The molecule has 3 atom stereocenters. The monoisotopic (exact) mass is 407 g/mol. The summed E-state index contributed by atoms with van der Waals surface area (Å²) in [6.07, 6.45) is 0.839. The average Bonchev–Trinajstić information content (AvgIpc) is 2.96. The summed E-state index contributed by atoms with van der Waals surface area (Å²) in [5.74, 6) is -2.52. The van der Waals surface area contributed by atoms with Gasteiger partial charge in [0.25, 0.3) is 5.91 Å². The van der Waals surface area contributed by atoms with Gasteiger partial charge in [0.2, 0.25) is 5.91 Å². The summed E-state index contributed by atoms with van der Waals surface area (Å²) in [5.41, 5.74) is -0.946. The average molecular weight is 407 g/mol. The third-order valence-corrected chi connectivity index (χ3v) is 5.33. The first kappa shape index (κ1) is 22.3. The second kappa shape index (κ2) is 9.02. The molecule has 1 aromatic rings. The van der Waals surface area contributed by atoms with E-state index in [0.717, 1.165) is 4.90 Å². The molecule has 4 amide bonds. The van der Waals surface area contributed by atoms with E-state index in [4.69, 9.17) is 4.74 Å². The van der Waals surface area contributed by atoms with Gasteiger partial charge in [-0.3, -0.25) is 14.5 Å². The lowest BCUT2D eigenvalue weighted by Crippen LogP contribution is -2.50. The van der Waals surface area contributed by atoms with Crippen molar-refractivity contribution >= 4 is 23.8 Å². The fourth-order valence-electron chi connectivity index (χ4n) is 3.30. The van der Waals surface area contributed by atoms with E-state index in [1.807, 2.05) is 6.92 Å². The van der Waals surface area contributed by atoms with Crippen molar-refractivity contribution in [2.75, 3.05) is 13.7 Å². The maximum absolute atomic E-state index is 13.3. The van der Waals surface area contributed by atoms with Crippen LogP contribution in [-0.2, 0) is 24.7 Å². The molecule has 0 spiro atoms. The van der Waals surface area contributed by atoms with Crippen molar-refractivity contribution in [2.45, 2.75) is 45.2 Å². The lowest BCUT2D eigenvalue weighted by Gasteiger charge is -2.26. The number of amides is 4. The van der Waals surface area contributed by atoms with E-state index in [0.29, 0.717) is 12.0 Å². The summed E-state index contributed by atoms with van der Waals surface area (Å²) in [5, 5.41) is 5.16. The quantitative estimate of drug-likeness (QED) is 0.504. The highest BCUT2D eigenvalue weighted by Gasteiger charge is 2.51. The molecule has 0 aliphatic carbocycles. The maximum atomic E-state index is 13.3. The number of carbonyl (C=O) groups excluding carboxylic acids is 4. The molecule has 0 saturated carbocycles. The van der Waals surface area contributed by atoms with Crippen LogP contribution in [0.3, 0.4) is 0 Å². The number of hydrogen-bond acceptors (Lipinski definition) is 5. The Morgan fingerprint density at radius 1 is 1.24 bits per heavy atom. The van der Waals surface area contributed by atoms with Crippen LogP contribution in [0.25, 0.3) is 0 Å². The van der Waals surface area contributed by atoms with Crippen molar-refractivity contribution in [1.29, 1.82) is 0 Å². The molecule has 2 N–H and O–H groups in total. The fourth-order valence-corrected chi connectivity index (χ4v) is 3.30. The Balaban J connectivity index is 2.19. The molecule has 1 aliphatic rings. The second-order valence-electron chi connectivity index (χ2n) is 7.04. The molecule has 0 radical (unpaired) electrons. The molecule has 1 heterocycles. The van der Waals surface area contributed by atoms with Gasteiger partial charge in [0, 0.05) is 0 Å². The highest BCUT2D eigenvalue weighted by atomic mass is 19.1. The lowest BCUT2D eigenvalue weighted by molar-refractivity contribution is -0.146. The normalized spacial score (nSPS) is 20.8. The summed E-state index contributed by atoms with van der Waals surface area (Å²) in [6, 6.07) is 3.65. The maximum Gasteiger partial charge on any atom is 0.328 e. The third-order valence-electron chi connectivity index (χ3n) is 5.33. The molecule has 8 nitrogen and oxygen atoms in total. The van der Waals surface area contributed by atoms with Crippen LogP contribution in [0.1, 0.15) is 39.2 Å². The Kier molecular flexibility index (Phi) is 6.94. The molecule has 1 aromatic carbocycles. The number of rotatable bonds is 8. The van der Waals surface area contributed by atoms with Crippen LogP contribution in [0.5, 0.6) is 0 Å². The predicted octanol–water partition coefficient (Wildman–Crippen LogP) is 1.69. The summed E-state index contributed by atoms with van der Waals surface area (Å²) in [6.45, 7) is 4.81. The molecule has 0 unspecified atom stereocenters. The minimum absolute atomic E-state index is 0.191. The van der Waals surface area contributed by atoms with Crippen molar-refractivity contribution < 1.29 is 28.3 Å². The van der Waals surface area contributed by atoms with Gasteiger partial charge < -0.3 is 15.4 Å². The summed E-state index contributed by atoms with van der Waals surface area (Å²) < 4.78 is 18.0. The van der Waals surface area contributed by atoms with Gasteiger partial charge in [-0.2, -0.15) is 0 Å². The number of benzene rings is 1. The van der Waals surface area contributed by atoms with Crippen LogP contribution in [-0.4, -0.2) is 48.4 Å². The van der Waals surface area contributed by atoms with Crippen LogP contribution in [0.2, 0.25) is 0 Å².